The normalized spacial score (nSPS) is 10.7. The quantitative estimate of drug-likeness (QED) is 0.683. The summed E-state index contributed by atoms with van der Waals surface area (Å²) < 4.78 is 10.3. The third-order valence-electron chi connectivity index (χ3n) is 2.50. The second-order valence-electron chi connectivity index (χ2n) is 5.57. The van der Waals surface area contributed by atoms with Gasteiger partial charge in [0.25, 0.3) is 0 Å². The fraction of sp³-hybridized carbons (Fsp3) is 0.400. The number of aromatic carboxylic acids is 2. The minimum Gasteiger partial charge on any atom is -0.491 e. The highest BCUT2D eigenvalue weighted by Crippen LogP contribution is 2.22. The molecule has 0 atom stereocenters. The summed E-state index contributed by atoms with van der Waals surface area (Å²) in [5.74, 6) is -2.85. The number of carbonyl (C=O) groups excluding carboxylic acids is 1. The molecule has 0 saturated heterocycles. The number of benzene rings is 1. The van der Waals surface area contributed by atoms with Gasteiger partial charge in [-0.15, -0.1) is 0 Å². The van der Waals surface area contributed by atoms with Crippen molar-refractivity contribution in [3.8, 4) is 5.75 Å². The van der Waals surface area contributed by atoms with Crippen LogP contribution in [0.2, 0.25) is 0 Å². The zero-order chi connectivity index (χ0) is 17.6. The predicted molar refractivity (Wildman–Crippen MR) is 80.1 cm³/mol. The minimum absolute atomic E-state index is 0.0391. The van der Waals surface area contributed by atoms with Gasteiger partial charge in [0.05, 0.1) is 12.1 Å². The van der Waals surface area contributed by atoms with E-state index in [1.807, 2.05) is 0 Å². The second-order valence-corrected chi connectivity index (χ2v) is 5.57. The molecule has 3 N–H and O–H groups in total. The highest BCUT2D eigenvalue weighted by Gasteiger charge is 2.21. The molecule has 0 radical (unpaired) electrons. The van der Waals surface area contributed by atoms with Crippen molar-refractivity contribution in [3.63, 3.8) is 0 Å². The molecule has 0 heterocycles. The number of alkyl carbamates (subject to hydrolysis) is 1. The van der Waals surface area contributed by atoms with Gasteiger partial charge >= 0.3 is 18.0 Å². The number of carboxylic acids is 2. The van der Waals surface area contributed by atoms with E-state index in [4.69, 9.17) is 19.7 Å². The molecule has 0 saturated carbocycles. The van der Waals surface area contributed by atoms with E-state index < -0.39 is 29.2 Å². The van der Waals surface area contributed by atoms with Crippen LogP contribution >= 0.6 is 0 Å². The number of ether oxygens (including phenoxy) is 2. The molecule has 0 aromatic heterocycles. The van der Waals surface area contributed by atoms with Crippen molar-refractivity contribution in [3.05, 3.63) is 29.3 Å². The van der Waals surface area contributed by atoms with Crippen LogP contribution in [0.3, 0.4) is 0 Å². The lowest BCUT2D eigenvalue weighted by Crippen LogP contribution is -2.34. The summed E-state index contributed by atoms with van der Waals surface area (Å²) in [5, 5.41) is 20.6. The molecule has 23 heavy (non-hydrogen) atoms. The molecule has 0 aliphatic heterocycles. The van der Waals surface area contributed by atoms with Crippen molar-refractivity contribution in [1.29, 1.82) is 0 Å². The van der Waals surface area contributed by atoms with E-state index in [0.29, 0.717) is 0 Å². The highest BCUT2D eigenvalue weighted by atomic mass is 16.6. The van der Waals surface area contributed by atoms with Crippen LogP contribution in [0.1, 0.15) is 41.5 Å². The predicted octanol–water partition coefficient (Wildman–Crippen LogP) is 1.99. The van der Waals surface area contributed by atoms with Crippen LogP contribution in [-0.4, -0.2) is 47.0 Å². The topological polar surface area (TPSA) is 122 Å². The molecule has 1 aromatic carbocycles. The van der Waals surface area contributed by atoms with Crippen molar-refractivity contribution in [1.82, 2.24) is 5.32 Å². The average Bonchev–Trinajstić information content (AvgIpc) is 2.41. The second kappa shape index (κ2) is 7.48. The maximum atomic E-state index is 11.4. The first-order valence-corrected chi connectivity index (χ1v) is 6.81. The first-order chi connectivity index (χ1) is 10.6. The Bertz CT molecular complexity index is 604. The minimum atomic E-state index is -1.40. The molecule has 0 aliphatic rings. The Kier molecular flexibility index (Phi) is 5.94. The Morgan fingerprint density at radius 1 is 1.13 bits per heavy atom. The Morgan fingerprint density at radius 2 is 1.78 bits per heavy atom. The molecule has 1 amide bonds. The van der Waals surface area contributed by atoms with E-state index in [2.05, 4.69) is 5.32 Å². The Balaban J connectivity index is 2.65. The SMILES string of the molecule is CC(C)(C)OC(=O)NCCOc1cccc(C(=O)O)c1C(=O)O. The van der Waals surface area contributed by atoms with E-state index in [9.17, 15) is 14.4 Å². The summed E-state index contributed by atoms with van der Waals surface area (Å²) >= 11 is 0. The Morgan fingerprint density at radius 3 is 2.30 bits per heavy atom. The summed E-state index contributed by atoms with van der Waals surface area (Å²) in [4.78, 5) is 33.7. The average molecular weight is 325 g/mol. The first-order valence-electron chi connectivity index (χ1n) is 6.81. The first kappa shape index (κ1) is 18.3. The van der Waals surface area contributed by atoms with Gasteiger partial charge in [0.2, 0.25) is 0 Å². The zero-order valence-electron chi connectivity index (χ0n) is 13.1. The molecule has 0 fully saturated rings. The number of amides is 1. The van der Waals surface area contributed by atoms with Crippen LogP contribution in [0, 0.1) is 0 Å². The summed E-state index contributed by atoms with van der Waals surface area (Å²) in [6.45, 7) is 5.20. The van der Waals surface area contributed by atoms with E-state index in [0.717, 1.165) is 0 Å². The lowest BCUT2D eigenvalue weighted by Gasteiger charge is -2.19. The maximum absolute atomic E-state index is 11.4. The number of rotatable bonds is 6. The third kappa shape index (κ3) is 5.85. The highest BCUT2D eigenvalue weighted by molar-refractivity contribution is 6.03. The molecular formula is C15H19NO7. The summed E-state index contributed by atoms with van der Waals surface area (Å²) in [7, 11) is 0. The summed E-state index contributed by atoms with van der Waals surface area (Å²) in [6, 6.07) is 3.91. The van der Waals surface area contributed by atoms with Gasteiger partial charge in [-0.25, -0.2) is 14.4 Å². The van der Waals surface area contributed by atoms with E-state index in [1.165, 1.54) is 18.2 Å². The van der Waals surface area contributed by atoms with Crippen LogP contribution < -0.4 is 10.1 Å². The molecule has 0 aliphatic carbocycles. The van der Waals surface area contributed by atoms with E-state index in [-0.39, 0.29) is 24.5 Å². The number of hydrogen-bond acceptors (Lipinski definition) is 5. The number of carbonyl (C=O) groups is 3. The molecular weight excluding hydrogens is 306 g/mol. The van der Waals surface area contributed by atoms with Crippen LogP contribution in [0.25, 0.3) is 0 Å². The van der Waals surface area contributed by atoms with Crippen LogP contribution in [0.4, 0.5) is 4.79 Å². The molecule has 0 spiro atoms. The number of carboxylic acid groups (broad SMARTS) is 2. The fourth-order valence-corrected chi connectivity index (χ4v) is 1.68. The van der Waals surface area contributed by atoms with Crippen LogP contribution in [0.15, 0.2) is 18.2 Å². The van der Waals surface area contributed by atoms with Gasteiger partial charge in [0.1, 0.15) is 23.5 Å². The molecule has 1 aromatic rings. The number of nitrogens with one attached hydrogen (secondary N) is 1. The van der Waals surface area contributed by atoms with Gasteiger partial charge in [-0.2, -0.15) is 0 Å². The van der Waals surface area contributed by atoms with Gasteiger partial charge in [0.15, 0.2) is 0 Å². The lowest BCUT2D eigenvalue weighted by atomic mass is 10.1. The van der Waals surface area contributed by atoms with Gasteiger partial charge < -0.3 is 25.0 Å². The third-order valence-corrected chi connectivity index (χ3v) is 2.50. The van der Waals surface area contributed by atoms with Crippen LogP contribution in [-0.2, 0) is 4.74 Å². The molecule has 126 valence electrons. The van der Waals surface area contributed by atoms with Crippen LogP contribution in [0.5, 0.6) is 5.75 Å². The van der Waals surface area contributed by atoms with Gasteiger partial charge in [-0.05, 0) is 32.9 Å². The van der Waals surface area contributed by atoms with Gasteiger partial charge in [0, 0.05) is 0 Å². The Hall–Kier alpha value is -2.77. The fourth-order valence-electron chi connectivity index (χ4n) is 1.68. The molecule has 1 rings (SSSR count). The van der Waals surface area contributed by atoms with Crippen molar-refractivity contribution >= 4 is 18.0 Å². The van der Waals surface area contributed by atoms with Crippen molar-refractivity contribution < 1.29 is 34.1 Å². The molecule has 0 unspecified atom stereocenters. The van der Waals surface area contributed by atoms with E-state index >= 15 is 0 Å². The maximum Gasteiger partial charge on any atom is 0.407 e. The smallest absolute Gasteiger partial charge is 0.407 e. The Labute approximate surface area is 133 Å². The number of hydrogen-bond donors (Lipinski definition) is 3. The summed E-state index contributed by atoms with van der Waals surface area (Å²) in [5.41, 5.74) is -1.43. The summed E-state index contributed by atoms with van der Waals surface area (Å²) in [6.07, 6.45) is -0.626. The molecule has 8 heteroatoms. The molecule has 8 nitrogen and oxygen atoms in total. The van der Waals surface area contributed by atoms with Gasteiger partial charge in [-0.1, -0.05) is 6.07 Å². The zero-order valence-corrected chi connectivity index (χ0v) is 13.1. The lowest BCUT2D eigenvalue weighted by molar-refractivity contribution is 0.0518. The van der Waals surface area contributed by atoms with E-state index in [1.54, 1.807) is 20.8 Å². The monoisotopic (exact) mass is 325 g/mol. The van der Waals surface area contributed by atoms with Crippen molar-refractivity contribution in [2.75, 3.05) is 13.2 Å². The van der Waals surface area contributed by atoms with Crippen molar-refractivity contribution in [2.45, 2.75) is 26.4 Å². The largest absolute Gasteiger partial charge is 0.491 e. The molecule has 0 bridgehead atoms. The van der Waals surface area contributed by atoms with Crippen molar-refractivity contribution in [2.24, 2.45) is 0 Å². The standard InChI is InChI=1S/C15H19NO7/c1-15(2,3)23-14(21)16-7-8-22-10-6-4-5-9(12(17)18)11(10)13(19)20/h4-6H,7-8H2,1-3H3,(H,16,21)(H,17,18)(H,19,20). The van der Waals surface area contributed by atoms with Gasteiger partial charge in [-0.3, -0.25) is 0 Å².